The number of alkyl halides is 3. The fraction of sp³-hybridized carbons (Fsp3) is 0.286. The predicted octanol–water partition coefficient (Wildman–Crippen LogP) is 3.88. The fourth-order valence-corrected chi connectivity index (χ4v) is 1.82. The normalized spacial score (nSPS) is 12.8. The van der Waals surface area contributed by atoms with Crippen LogP contribution in [0, 0.1) is 6.92 Å². The van der Waals surface area contributed by atoms with Crippen molar-refractivity contribution in [2.24, 2.45) is 0 Å². The Bertz CT molecular complexity index is 650. The maximum Gasteiger partial charge on any atom is 0.416 e. The molecule has 0 aliphatic heterocycles. The third-order valence-electron chi connectivity index (χ3n) is 2.96. The second-order valence-electron chi connectivity index (χ2n) is 4.76. The van der Waals surface area contributed by atoms with Crippen LogP contribution in [0.2, 0.25) is 0 Å². The number of amides is 2. The number of carbonyl (C=O) groups excluding carboxylic acids is 1. The second-order valence-corrected chi connectivity index (χ2v) is 4.76. The van der Waals surface area contributed by atoms with Gasteiger partial charge in [0.25, 0.3) is 0 Å². The van der Waals surface area contributed by atoms with Crippen LogP contribution in [-0.2, 0) is 6.18 Å². The van der Waals surface area contributed by atoms with Gasteiger partial charge in [0.2, 0.25) is 0 Å². The minimum Gasteiger partial charge on any atom is -0.360 e. The first-order valence-corrected chi connectivity index (χ1v) is 6.43. The quantitative estimate of drug-likeness (QED) is 0.903. The van der Waals surface area contributed by atoms with Crippen molar-refractivity contribution in [3.8, 4) is 0 Å². The van der Waals surface area contributed by atoms with Gasteiger partial charge in [-0.25, -0.2) is 4.79 Å². The van der Waals surface area contributed by atoms with Gasteiger partial charge in [-0.1, -0.05) is 17.3 Å². The summed E-state index contributed by atoms with van der Waals surface area (Å²) in [4.78, 5) is 11.7. The van der Waals surface area contributed by atoms with E-state index >= 15 is 0 Å². The Labute approximate surface area is 124 Å². The van der Waals surface area contributed by atoms with E-state index in [0.29, 0.717) is 11.3 Å². The third-order valence-corrected chi connectivity index (χ3v) is 2.96. The van der Waals surface area contributed by atoms with Crippen LogP contribution < -0.4 is 10.6 Å². The minimum absolute atomic E-state index is 0.259. The third kappa shape index (κ3) is 4.00. The molecule has 0 fully saturated rings. The Morgan fingerprint density at radius 2 is 1.91 bits per heavy atom. The molecule has 0 bridgehead atoms. The van der Waals surface area contributed by atoms with Gasteiger partial charge >= 0.3 is 12.2 Å². The number of urea groups is 1. The Hall–Kier alpha value is -2.51. The molecule has 2 amide bonds. The molecule has 0 saturated carbocycles. The Morgan fingerprint density at radius 1 is 1.27 bits per heavy atom. The molecule has 22 heavy (non-hydrogen) atoms. The van der Waals surface area contributed by atoms with Gasteiger partial charge in [-0.15, -0.1) is 0 Å². The topological polar surface area (TPSA) is 67.2 Å². The highest BCUT2D eigenvalue weighted by molar-refractivity contribution is 5.88. The lowest BCUT2D eigenvalue weighted by molar-refractivity contribution is -0.137. The molecule has 0 spiro atoms. The summed E-state index contributed by atoms with van der Waals surface area (Å²) in [6.07, 6.45) is -4.38. The van der Waals surface area contributed by atoms with E-state index in [4.69, 9.17) is 4.52 Å². The number of hydrogen-bond donors (Lipinski definition) is 2. The molecular formula is C14H14F3N3O2. The number of aromatic nitrogens is 1. The number of aryl methyl sites for hydroxylation is 1. The van der Waals surface area contributed by atoms with Crippen LogP contribution in [0.5, 0.6) is 0 Å². The Kier molecular flexibility index (Phi) is 4.39. The molecule has 0 aliphatic carbocycles. The zero-order valence-corrected chi connectivity index (χ0v) is 11.9. The molecule has 0 radical (unpaired) electrons. The van der Waals surface area contributed by atoms with E-state index in [1.54, 1.807) is 19.9 Å². The first-order valence-electron chi connectivity index (χ1n) is 6.43. The lowest BCUT2D eigenvalue weighted by Crippen LogP contribution is -2.31. The van der Waals surface area contributed by atoms with Crippen molar-refractivity contribution in [3.63, 3.8) is 0 Å². The maximum absolute atomic E-state index is 12.5. The minimum atomic E-state index is -4.38. The first-order chi connectivity index (χ1) is 10.3. The molecule has 8 heteroatoms. The van der Waals surface area contributed by atoms with Gasteiger partial charge < -0.3 is 9.84 Å². The Balaban J connectivity index is 1.96. The van der Waals surface area contributed by atoms with Crippen molar-refractivity contribution in [3.05, 3.63) is 47.2 Å². The van der Waals surface area contributed by atoms with Crippen molar-refractivity contribution in [2.75, 3.05) is 5.32 Å². The van der Waals surface area contributed by atoms with Crippen molar-refractivity contribution < 1.29 is 22.5 Å². The van der Waals surface area contributed by atoms with Crippen LogP contribution in [0.4, 0.5) is 23.8 Å². The fourth-order valence-electron chi connectivity index (χ4n) is 1.82. The van der Waals surface area contributed by atoms with Gasteiger partial charge in [-0.05, 0) is 31.5 Å². The van der Waals surface area contributed by atoms with Gasteiger partial charge in [0.05, 0.1) is 11.6 Å². The molecule has 0 aliphatic rings. The summed E-state index contributed by atoms with van der Waals surface area (Å²) >= 11 is 0. The number of nitrogens with one attached hydrogen (secondary N) is 2. The highest BCUT2D eigenvalue weighted by Gasteiger charge is 2.30. The zero-order valence-electron chi connectivity index (χ0n) is 11.9. The molecule has 0 saturated heterocycles. The lowest BCUT2D eigenvalue weighted by Gasteiger charge is -2.15. The van der Waals surface area contributed by atoms with Gasteiger partial charge in [-0.2, -0.15) is 13.2 Å². The van der Waals surface area contributed by atoms with Crippen LogP contribution in [-0.4, -0.2) is 11.2 Å². The van der Waals surface area contributed by atoms with E-state index in [-0.39, 0.29) is 5.82 Å². The number of rotatable bonds is 3. The number of nitrogens with zero attached hydrogens (tertiary/aromatic N) is 1. The molecule has 0 unspecified atom stereocenters. The lowest BCUT2D eigenvalue weighted by atomic mass is 10.1. The van der Waals surface area contributed by atoms with E-state index < -0.39 is 23.8 Å². The van der Waals surface area contributed by atoms with Gasteiger partial charge in [-0.3, -0.25) is 5.32 Å². The molecule has 1 atom stereocenters. The number of anilines is 1. The summed E-state index contributed by atoms with van der Waals surface area (Å²) in [5.74, 6) is 0.806. The summed E-state index contributed by atoms with van der Waals surface area (Å²) in [6, 6.07) is 5.17. The zero-order chi connectivity index (χ0) is 16.3. The highest BCUT2D eigenvalue weighted by Crippen LogP contribution is 2.29. The largest absolute Gasteiger partial charge is 0.416 e. The summed E-state index contributed by atoms with van der Waals surface area (Å²) in [5.41, 5.74) is -0.176. The monoisotopic (exact) mass is 313 g/mol. The smallest absolute Gasteiger partial charge is 0.360 e. The predicted molar refractivity (Wildman–Crippen MR) is 73.3 cm³/mol. The van der Waals surface area contributed by atoms with Crippen molar-refractivity contribution >= 4 is 11.8 Å². The van der Waals surface area contributed by atoms with Crippen LogP contribution in [0.3, 0.4) is 0 Å². The van der Waals surface area contributed by atoms with Crippen molar-refractivity contribution in [1.82, 2.24) is 10.5 Å². The molecule has 118 valence electrons. The van der Waals surface area contributed by atoms with E-state index in [0.717, 1.165) is 12.1 Å². The first kappa shape index (κ1) is 15.9. The number of benzene rings is 1. The molecule has 1 heterocycles. The molecule has 2 aromatic rings. The van der Waals surface area contributed by atoms with Crippen molar-refractivity contribution in [2.45, 2.75) is 26.1 Å². The SMILES string of the molecule is Cc1cc(NC(=O)N[C@@H](C)c2ccc(C(F)(F)F)cc2)no1. The van der Waals surface area contributed by atoms with Gasteiger partial charge in [0, 0.05) is 6.07 Å². The molecule has 5 nitrogen and oxygen atoms in total. The molecule has 1 aromatic carbocycles. The average Bonchev–Trinajstić information content (AvgIpc) is 2.83. The second kappa shape index (κ2) is 6.08. The van der Waals surface area contributed by atoms with E-state index in [9.17, 15) is 18.0 Å². The summed E-state index contributed by atoms with van der Waals surface area (Å²) in [7, 11) is 0. The van der Waals surface area contributed by atoms with E-state index in [1.165, 1.54) is 12.1 Å². The Morgan fingerprint density at radius 3 is 2.41 bits per heavy atom. The van der Waals surface area contributed by atoms with Crippen molar-refractivity contribution in [1.29, 1.82) is 0 Å². The van der Waals surface area contributed by atoms with Crippen LogP contribution >= 0.6 is 0 Å². The maximum atomic E-state index is 12.5. The summed E-state index contributed by atoms with van der Waals surface area (Å²) in [5, 5.41) is 8.67. The molecule has 1 aromatic heterocycles. The van der Waals surface area contributed by atoms with Crippen LogP contribution in [0.1, 0.15) is 29.9 Å². The van der Waals surface area contributed by atoms with Crippen LogP contribution in [0.15, 0.2) is 34.9 Å². The van der Waals surface area contributed by atoms with Crippen LogP contribution in [0.25, 0.3) is 0 Å². The molecule has 2 rings (SSSR count). The number of halogens is 3. The van der Waals surface area contributed by atoms with E-state index in [1.807, 2.05) is 0 Å². The standard InChI is InChI=1S/C14H14F3N3O2/c1-8-7-12(20-22-8)19-13(21)18-9(2)10-3-5-11(6-4-10)14(15,16)17/h3-7,9H,1-2H3,(H2,18,19,20,21)/t9-/m0/s1. The molecule has 2 N–H and O–H groups in total. The van der Waals surface area contributed by atoms with Gasteiger partial charge in [0.1, 0.15) is 5.76 Å². The summed E-state index contributed by atoms with van der Waals surface area (Å²) < 4.78 is 42.2. The highest BCUT2D eigenvalue weighted by atomic mass is 19.4. The summed E-state index contributed by atoms with van der Waals surface area (Å²) in [6.45, 7) is 3.34. The van der Waals surface area contributed by atoms with E-state index in [2.05, 4.69) is 15.8 Å². The van der Waals surface area contributed by atoms with Gasteiger partial charge in [0.15, 0.2) is 5.82 Å². The number of hydrogen-bond acceptors (Lipinski definition) is 3. The number of carbonyl (C=O) groups is 1. The molecular weight excluding hydrogens is 299 g/mol. The average molecular weight is 313 g/mol.